The molecule has 0 spiro atoms. The number of carboxylic acid groups (broad SMARTS) is 1. The van der Waals surface area contributed by atoms with Crippen molar-refractivity contribution < 1.29 is 9.90 Å². The van der Waals surface area contributed by atoms with Crippen LogP contribution in [0.3, 0.4) is 0 Å². The van der Waals surface area contributed by atoms with Crippen LogP contribution in [-0.2, 0) is 4.79 Å². The van der Waals surface area contributed by atoms with Crippen LogP contribution in [0.2, 0.25) is 0 Å². The van der Waals surface area contributed by atoms with Crippen molar-refractivity contribution in [1.29, 1.82) is 0 Å². The van der Waals surface area contributed by atoms with Crippen molar-refractivity contribution in [2.24, 2.45) is 0 Å². The molecule has 0 aromatic heterocycles. The normalized spacial score (nSPS) is 15.2. The Kier molecular flexibility index (Phi) is 2.52. The van der Waals surface area contributed by atoms with Gasteiger partial charge >= 0.3 is 5.97 Å². The summed E-state index contributed by atoms with van der Waals surface area (Å²) < 4.78 is 0. The van der Waals surface area contributed by atoms with E-state index in [0.717, 1.165) is 10.5 Å². The lowest BCUT2D eigenvalue weighted by atomic mass is 10.1. The fourth-order valence-electron chi connectivity index (χ4n) is 1.31. The van der Waals surface area contributed by atoms with Crippen LogP contribution in [0.5, 0.6) is 0 Å². The van der Waals surface area contributed by atoms with Gasteiger partial charge in [-0.2, -0.15) is 0 Å². The molecule has 1 N–H and O–H groups in total. The Bertz CT molecular complexity index is 426. The third kappa shape index (κ3) is 1.53. The molecule has 0 amide bonds. The lowest BCUT2D eigenvalue weighted by Crippen LogP contribution is -2.08. The van der Waals surface area contributed by atoms with Gasteiger partial charge in [0.05, 0.1) is 10.6 Å². The number of hydrogen-bond acceptors (Lipinski definition) is 2. The van der Waals surface area contributed by atoms with Crippen molar-refractivity contribution in [2.45, 2.75) is 4.90 Å². The fourth-order valence-corrected chi connectivity index (χ4v) is 2.82. The first-order valence-corrected chi connectivity index (χ1v) is 5.40. The third-order valence-corrected chi connectivity index (χ3v) is 3.55. The number of thioether (sulfide) groups is 1. The molecular formula is C10H7ClO2S. The Morgan fingerprint density at radius 2 is 2.14 bits per heavy atom. The quantitative estimate of drug-likeness (QED) is 0.800. The molecule has 0 radical (unpaired) electrons. The maximum Gasteiger partial charge on any atom is 0.333 e. The molecule has 1 aromatic carbocycles. The van der Waals surface area contributed by atoms with Crippen molar-refractivity contribution >= 4 is 34.4 Å². The monoisotopic (exact) mass is 226 g/mol. The average Bonchev–Trinajstić information content (AvgIpc) is 2.18. The molecule has 2 rings (SSSR count). The SMILES string of the molecule is O=C(O)C1=C(Cl)c2ccccc2SC1. The number of benzene rings is 1. The molecule has 4 heteroatoms. The van der Waals surface area contributed by atoms with Crippen LogP contribution in [0.15, 0.2) is 34.7 Å². The predicted molar refractivity (Wildman–Crippen MR) is 57.6 cm³/mol. The van der Waals surface area contributed by atoms with Crippen molar-refractivity contribution in [2.75, 3.05) is 5.75 Å². The van der Waals surface area contributed by atoms with Gasteiger partial charge in [0.15, 0.2) is 0 Å². The largest absolute Gasteiger partial charge is 0.478 e. The number of carbonyl (C=O) groups is 1. The fraction of sp³-hybridized carbons (Fsp3) is 0.100. The molecule has 0 bridgehead atoms. The lowest BCUT2D eigenvalue weighted by Gasteiger charge is -2.16. The van der Waals surface area contributed by atoms with Crippen LogP contribution in [0, 0.1) is 0 Å². The van der Waals surface area contributed by atoms with Gasteiger partial charge in [-0.3, -0.25) is 0 Å². The molecule has 72 valence electrons. The van der Waals surface area contributed by atoms with E-state index in [1.54, 1.807) is 0 Å². The van der Waals surface area contributed by atoms with E-state index in [-0.39, 0.29) is 5.57 Å². The highest BCUT2D eigenvalue weighted by atomic mass is 35.5. The first-order chi connectivity index (χ1) is 6.70. The van der Waals surface area contributed by atoms with E-state index in [4.69, 9.17) is 16.7 Å². The Labute approximate surface area is 90.6 Å². The molecule has 2 nitrogen and oxygen atoms in total. The first-order valence-electron chi connectivity index (χ1n) is 4.04. The van der Waals surface area contributed by atoms with Crippen LogP contribution in [0.4, 0.5) is 0 Å². The molecule has 0 fully saturated rings. The predicted octanol–water partition coefficient (Wildman–Crippen LogP) is 2.83. The summed E-state index contributed by atoms with van der Waals surface area (Å²) in [7, 11) is 0. The molecule has 0 saturated heterocycles. The minimum Gasteiger partial charge on any atom is -0.478 e. The number of carboxylic acids is 1. The van der Waals surface area contributed by atoms with E-state index in [9.17, 15) is 4.79 Å². The van der Waals surface area contributed by atoms with E-state index in [1.807, 2.05) is 24.3 Å². The first kappa shape index (κ1) is 9.62. The number of aliphatic carboxylic acids is 1. The summed E-state index contributed by atoms with van der Waals surface area (Å²) in [6.07, 6.45) is 0. The van der Waals surface area contributed by atoms with Crippen molar-refractivity contribution in [3.8, 4) is 0 Å². The molecule has 0 unspecified atom stereocenters. The molecular weight excluding hydrogens is 220 g/mol. The summed E-state index contributed by atoms with van der Waals surface area (Å²) in [5, 5.41) is 9.25. The summed E-state index contributed by atoms with van der Waals surface area (Å²) in [6, 6.07) is 7.56. The minimum absolute atomic E-state index is 0.287. The van der Waals surface area contributed by atoms with Gasteiger partial charge in [0.1, 0.15) is 0 Å². The molecule has 14 heavy (non-hydrogen) atoms. The standard InChI is InChI=1S/C10H7ClO2S/c11-9-6-3-1-2-4-8(6)14-5-7(9)10(12)13/h1-4H,5H2,(H,12,13). The maximum absolute atomic E-state index is 10.8. The number of rotatable bonds is 1. The van der Waals surface area contributed by atoms with Gasteiger partial charge in [0.2, 0.25) is 0 Å². The number of hydrogen-bond donors (Lipinski definition) is 1. The summed E-state index contributed by atoms with van der Waals surface area (Å²) in [5.74, 6) is -0.498. The summed E-state index contributed by atoms with van der Waals surface area (Å²) in [6.45, 7) is 0. The van der Waals surface area contributed by atoms with Crippen LogP contribution >= 0.6 is 23.4 Å². The van der Waals surface area contributed by atoms with Gasteiger partial charge in [-0.05, 0) is 6.07 Å². The highest BCUT2D eigenvalue weighted by Crippen LogP contribution is 2.38. The van der Waals surface area contributed by atoms with E-state index in [1.165, 1.54) is 11.8 Å². The van der Waals surface area contributed by atoms with Gasteiger partial charge in [-0.25, -0.2) is 4.79 Å². The third-order valence-electron chi connectivity index (χ3n) is 2.02. The van der Waals surface area contributed by atoms with Gasteiger partial charge in [0, 0.05) is 16.2 Å². The van der Waals surface area contributed by atoms with Crippen LogP contribution in [0.25, 0.3) is 5.03 Å². The number of halogens is 1. The van der Waals surface area contributed by atoms with E-state index in [0.29, 0.717) is 10.8 Å². The molecule has 1 heterocycles. The molecule has 0 aliphatic carbocycles. The van der Waals surface area contributed by atoms with Gasteiger partial charge < -0.3 is 5.11 Å². The molecule has 0 saturated carbocycles. The van der Waals surface area contributed by atoms with Gasteiger partial charge in [-0.15, -0.1) is 11.8 Å². The van der Waals surface area contributed by atoms with E-state index < -0.39 is 5.97 Å². The smallest absolute Gasteiger partial charge is 0.333 e. The Morgan fingerprint density at radius 1 is 1.43 bits per heavy atom. The second kappa shape index (κ2) is 3.67. The Morgan fingerprint density at radius 3 is 2.86 bits per heavy atom. The van der Waals surface area contributed by atoms with E-state index >= 15 is 0 Å². The van der Waals surface area contributed by atoms with Crippen molar-refractivity contribution in [3.63, 3.8) is 0 Å². The van der Waals surface area contributed by atoms with Crippen LogP contribution in [-0.4, -0.2) is 16.8 Å². The summed E-state index contributed by atoms with van der Waals surface area (Å²) in [5.41, 5.74) is 1.11. The zero-order chi connectivity index (χ0) is 10.1. The van der Waals surface area contributed by atoms with E-state index in [2.05, 4.69) is 0 Å². The van der Waals surface area contributed by atoms with Crippen LogP contribution in [0.1, 0.15) is 5.56 Å². The van der Waals surface area contributed by atoms with Crippen molar-refractivity contribution in [3.05, 3.63) is 35.4 Å². The van der Waals surface area contributed by atoms with Gasteiger partial charge in [-0.1, -0.05) is 29.8 Å². The molecule has 0 atom stereocenters. The van der Waals surface area contributed by atoms with Crippen LogP contribution < -0.4 is 0 Å². The van der Waals surface area contributed by atoms with Crippen molar-refractivity contribution in [1.82, 2.24) is 0 Å². The second-order valence-electron chi connectivity index (χ2n) is 2.88. The minimum atomic E-state index is -0.933. The summed E-state index contributed by atoms with van der Waals surface area (Å²) >= 11 is 7.50. The molecule has 1 aromatic rings. The second-order valence-corrected chi connectivity index (χ2v) is 4.28. The Hall–Kier alpha value is -0.930. The lowest BCUT2D eigenvalue weighted by molar-refractivity contribution is -0.132. The average molecular weight is 227 g/mol. The van der Waals surface area contributed by atoms with Gasteiger partial charge in [0.25, 0.3) is 0 Å². The molecule has 1 aliphatic rings. The number of fused-ring (bicyclic) bond motifs is 1. The maximum atomic E-state index is 10.8. The zero-order valence-electron chi connectivity index (χ0n) is 7.16. The summed E-state index contributed by atoms with van der Waals surface area (Å²) in [4.78, 5) is 11.9. The zero-order valence-corrected chi connectivity index (χ0v) is 8.73. The Balaban J connectivity index is 2.56. The molecule has 1 aliphatic heterocycles. The topological polar surface area (TPSA) is 37.3 Å². The highest BCUT2D eigenvalue weighted by Gasteiger charge is 2.21. The highest BCUT2D eigenvalue weighted by molar-refractivity contribution is 7.99.